The number of hydrogen-bond acceptors (Lipinski definition) is 5. The van der Waals surface area contributed by atoms with Crippen molar-refractivity contribution in [3.05, 3.63) is 35.2 Å². The highest BCUT2D eigenvalue weighted by Crippen LogP contribution is 2.25. The second-order valence-corrected chi connectivity index (χ2v) is 7.88. The van der Waals surface area contributed by atoms with Crippen LogP contribution in [0.4, 0.5) is 5.13 Å². The number of anilines is 1. The van der Waals surface area contributed by atoms with Gasteiger partial charge in [-0.25, -0.2) is 4.98 Å². The van der Waals surface area contributed by atoms with Crippen molar-refractivity contribution in [2.45, 2.75) is 25.8 Å². The Bertz CT molecular complexity index is 742. The summed E-state index contributed by atoms with van der Waals surface area (Å²) >= 11 is 1.48. The molecule has 132 valence electrons. The number of nitrogens with one attached hydrogen (secondary N) is 1. The van der Waals surface area contributed by atoms with Crippen molar-refractivity contribution in [1.82, 2.24) is 14.8 Å². The molecule has 0 bridgehead atoms. The van der Waals surface area contributed by atoms with E-state index in [9.17, 15) is 4.79 Å². The summed E-state index contributed by atoms with van der Waals surface area (Å²) in [5, 5.41) is 5.64. The normalized spacial score (nSPS) is 21.2. The van der Waals surface area contributed by atoms with Gasteiger partial charge in [0.05, 0.1) is 12.2 Å². The van der Waals surface area contributed by atoms with E-state index in [2.05, 4.69) is 51.3 Å². The van der Waals surface area contributed by atoms with E-state index in [0.717, 1.165) is 30.9 Å². The van der Waals surface area contributed by atoms with Crippen LogP contribution in [0.5, 0.6) is 0 Å². The molecular formula is C19H24N4OS. The molecule has 0 spiro atoms. The number of carbonyl (C=O) groups is 1. The third kappa shape index (κ3) is 3.92. The average molecular weight is 356 g/mol. The van der Waals surface area contributed by atoms with E-state index in [-0.39, 0.29) is 5.91 Å². The molecule has 2 saturated heterocycles. The summed E-state index contributed by atoms with van der Waals surface area (Å²) in [6.07, 6.45) is 2.57. The van der Waals surface area contributed by atoms with Crippen LogP contribution < -0.4 is 5.32 Å². The maximum Gasteiger partial charge on any atom is 0.240 e. The van der Waals surface area contributed by atoms with Crippen LogP contribution in [0.15, 0.2) is 29.6 Å². The van der Waals surface area contributed by atoms with Gasteiger partial charge in [-0.1, -0.05) is 29.8 Å². The van der Waals surface area contributed by atoms with E-state index in [1.165, 1.54) is 36.3 Å². The maximum atomic E-state index is 12.4. The Morgan fingerprint density at radius 2 is 2.12 bits per heavy atom. The second kappa shape index (κ2) is 7.23. The highest BCUT2D eigenvalue weighted by molar-refractivity contribution is 7.14. The molecule has 2 aliphatic heterocycles. The standard InChI is InChI=1S/C19H24N4OS/c1-14-4-6-15(7-5-14)17-13-25-19(20-17)21-18(24)12-22-9-10-23-8-2-3-16(23)11-22/h4-7,13,16H,2-3,8-12H2,1H3,(H,20,21,24)/t16-/m1/s1. The summed E-state index contributed by atoms with van der Waals surface area (Å²) in [7, 11) is 0. The number of carbonyl (C=O) groups excluding carboxylic acids is 1. The first-order valence-electron chi connectivity index (χ1n) is 8.96. The van der Waals surface area contributed by atoms with Crippen LogP contribution in [-0.4, -0.2) is 59.5 Å². The smallest absolute Gasteiger partial charge is 0.240 e. The predicted octanol–water partition coefficient (Wildman–Crippen LogP) is 2.84. The Morgan fingerprint density at radius 3 is 2.96 bits per heavy atom. The topological polar surface area (TPSA) is 48.5 Å². The van der Waals surface area contributed by atoms with Gasteiger partial charge in [0.25, 0.3) is 0 Å². The van der Waals surface area contributed by atoms with Crippen molar-refractivity contribution in [3.63, 3.8) is 0 Å². The number of amides is 1. The Balaban J connectivity index is 1.33. The fourth-order valence-corrected chi connectivity index (χ4v) is 4.48. The minimum absolute atomic E-state index is 0.0382. The number of aromatic nitrogens is 1. The summed E-state index contributed by atoms with van der Waals surface area (Å²) in [5.74, 6) is 0.0382. The molecule has 1 aromatic heterocycles. The lowest BCUT2D eigenvalue weighted by atomic mass is 10.1. The molecule has 1 amide bonds. The zero-order chi connectivity index (χ0) is 17.2. The number of benzene rings is 1. The van der Waals surface area contributed by atoms with Crippen LogP contribution in [0.2, 0.25) is 0 Å². The van der Waals surface area contributed by atoms with Crippen molar-refractivity contribution < 1.29 is 4.79 Å². The molecule has 0 aliphatic carbocycles. The Hall–Kier alpha value is -1.76. The first-order chi connectivity index (χ1) is 12.2. The van der Waals surface area contributed by atoms with Gasteiger partial charge in [0, 0.05) is 36.6 Å². The molecule has 5 nitrogen and oxygen atoms in total. The van der Waals surface area contributed by atoms with E-state index in [4.69, 9.17) is 0 Å². The van der Waals surface area contributed by atoms with Crippen molar-refractivity contribution in [1.29, 1.82) is 0 Å². The van der Waals surface area contributed by atoms with Crippen molar-refractivity contribution in [2.24, 2.45) is 0 Å². The van der Waals surface area contributed by atoms with Crippen LogP contribution in [0.1, 0.15) is 18.4 Å². The fourth-order valence-electron chi connectivity index (χ4n) is 3.75. The molecule has 2 fully saturated rings. The van der Waals surface area contributed by atoms with E-state index in [0.29, 0.717) is 17.7 Å². The van der Waals surface area contributed by atoms with Crippen molar-refractivity contribution >= 4 is 22.4 Å². The maximum absolute atomic E-state index is 12.4. The third-order valence-corrected chi connectivity index (χ3v) is 5.89. The Kier molecular flexibility index (Phi) is 4.83. The largest absolute Gasteiger partial charge is 0.301 e. The minimum Gasteiger partial charge on any atom is -0.301 e. The van der Waals surface area contributed by atoms with Gasteiger partial charge in [0.1, 0.15) is 0 Å². The summed E-state index contributed by atoms with van der Waals surface area (Å²) in [6, 6.07) is 8.94. The Morgan fingerprint density at radius 1 is 1.28 bits per heavy atom. The molecule has 1 N–H and O–H groups in total. The molecule has 0 radical (unpaired) electrons. The van der Waals surface area contributed by atoms with Gasteiger partial charge in [-0.3, -0.25) is 14.6 Å². The monoisotopic (exact) mass is 356 g/mol. The van der Waals surface area contributed by atoms with Gasteiger partial charge in [-0.05, 0) is 26.3 Å². The van der Waals surface area contributed by atoms with Crippen LogP contribution in [-0.2, 0) is 4.79 Å². The van der Waals surface area contributed by atoms with Gasteiger partial charge >= 0.3 is 0 Å². The number of hydrogen-bond donors (Lipinski definition) is 1. The molecule has 3 heterocycles. The van der Waals surface area contributed by atoms with E-state index < -0.39 is 0 Å². The van der Waals surface area contributed by atoms with Crippen LogP contribution >= 0.6 is 11.3 Å². The fraction of sp³-hybridized carbons (Fsp3) is 0.474. The number of fused-ring (bicyclic) bond motifs is 1. The minimum atomic E-state index is 0.0382. The quantitative estimate of drug-likeness (QED) is 0.915. The molecule has 1 aromatic carbocycles. The first-order valence-corrected chi connectivity index (χ1v) is 9.84. The van der Waals surface area contributed by atoms with E-state index in [1.54, 1.807) is 0 Å². The molecule has 2 aliphatic rings. The molecule has 0 saturated carbocycles. The third-order valence-electron chi connectivity index (χ3n) is 5.14. The van der Waals surface area contributed by atoms with Crippen LogP contribution in [0, 0.1) is 6.92 Å². The van der Waals surface area contributed by atoms with Gasteiger partial charge in [0.15, 0.2) is 5.13 Å². The van der Waals surface area contributed by atoms with Crippen LogP contribution in [0.25, 0.3) is 11.3 Å². The van der Waals surface area contributed by atoms with Crippen molar-refractivity contribution in [2.75, 3.05) is 38.0 Å². The number of nitrogens with zero attached hydrogens (tertiary/aromatic N) is 3. The lowest BCUT2D eigenvalue weighted by Gasteiger charge is -2.36. The zero-order valence-corrected chi connectivity index (χ0v) is 15.4. The number of piperazine rings is 1. The van der Waals surface area contributed by atoms with E-state index >= 15 is 0 Å². The number of aryl methyl sites for hydroxylation is 1. The summed E-state index contributed by atoms with van der Waals surface area (Å²) in [6.45, 7) is 6.85. The molecule has 2 aromatic rings. The first kappa shape index (κ1) is 16.7. The van der Waals surface area contributed by atoms with Crippen LogP contribution in [0.3, 0.4) is 0 Å². The average Bonchev–Trinajstić information content (AvgIpc) is 3.24. The molecule has 1 atom stereocenters. The SMILES string of the molecule is Cc1ccc(-c2csc(NC(=O)CN3CCN4CCC[C@@H]4C3)n2)cc1. The van der Waals surface area contributed by atoms with Crippen molar-refractivity contribution in [3.8, 4) is 11.3 Å². The second-order valence-electron chi connectivity index (χ2n) is 7.02. The van der Waals surface area contributed by atoms with Gasteiger partial charge in [-0.2, -0.15) is 0 Å². The summed E-state index contributed by atoms with van der Waals surface area (Å²) in [4.78, 5) is 21.8. The zero-order valence-electron chi connectivity index (χ0n) is 14.6. The van der Waals surface area contributed by atoms with Gasteiger partial charge < -0.3 is 5.32 Å². The Labute approximate surface area is 152 Å². The summed E-state index contributed by atoms with van der Waals surface area (Å²) < 4.78 is 0. The summed E-state index contributed by atoms with van der Waals surface area (Å²) in [5.41, 5.74) is 3.23. The number of thiazole rings is 1. The number of rotatable bonds is 4. The predicted molar refractivity (Wildman–Crippen MR) is 102 cm³/mol. The lowest BCUT2D eigenvalue weighted by Crippen LogP contribution is -2.51. The lowest BCUT2D eigenvalue weighted by molar-refractivity contribution is -0.117. The molecule has 6 heteroatoms. The highest BCUT2D eigenvalue weighted by atomic mass is 32.1. The van der Waals surface area contributed by atoms with E-state index in [1.807, 2.05) is 5.38 Å². The molecule has 4 rings (SSSR count). The highest BCUT2D eigenvalue weighted by Gasteiger charge is 2.31. The molecule has 25 heavy (non-hydrogen) atoms. The molecule has 0 unspecified atom stereocenters. The van der Waals surface area contributed by atoms with Gasteiger partial charge in [0.2, 0.25) is 5.91 Å². The van der Waals surface area contributed by atoms with Gasteiger partial charge in [-0.15, -0.1) is 11.3 Å². The molecular weight excluding hydrogens is 332 g/mol.